The van der Waals surface area contributed by atoms with Crippen LogP contribution in [0.25, 0.3) is 0 Å². The molecular formula is C30H27NO5S2. The topological polar surface area (TPSA) is 80.8 Å². The molecule has 0 N–H and O–H groups in total. The fourth-order valence-electron chi connectivity index (χ4n) is 4.53. The number of benzene rings is 4. The zero-order valence-electron chi connectivity index (χ0n) is 21.0. The molecular weight excluding hydrogens is 518 g/mol. The summed E-state index contributed by atoms with van der Waals surface area (Å²) in [6.07, 6.45) is 1.61. The van der Waals surface area contributed by atoms with Gasteiger partial charge in [-0.2, -0.15) is 3.71 Å². The van der Waals surface area contributed by atoms with Crippen molar-refractivity contribution in [3.63, 3.8) is 0 Å². The van der Waals surface area contributed by atoms with E-state index in [4.69, 9.17) is 4.74 Å². The van der Waals surface area contributed by atoms with Crippen LogP contribution in [0.3, 0.4) is 0 Å². The largest absolute Gasteiger partial charge is 0.355 e. The molecule has 0 saturated heterocycles. The molecule has 0 fully saturated rings. The minimum Gasteiger partial charge on any atom is -0.355 e. The molecule has 0 aliphatic carbocycles. The van der Waals surface area contributed by atoms with E-state index in [-0.39, 0.29) is 22.1 Å². The van der Waals surface area contributed by atoms with Gasteiger partial charge in [0.25, 0.3) is 20.0 Å². The molecule has 194 valence electrons. The van der Waals surface area contributed by atoms with E-state index < -0.39 is 25.6 Å². The smallest absolute Gasteiger partial charge is 0.277 e. The van der Waals surface area contributed by atoms with Crippen molar-refractivity contribution in [3.05, 3.63) is 143 Å². The van der Waals surface area contributed by atoms with Gasteiger partial charge in [0.2, 0.25) is 0 Å². The van der Waals surface area contributed by atoms with Crippen molar-refractivity contribution in [3.8, 4) is 0 Å². The van der Waals surface area contributed by atoms with E-state index >= 15 is 0 Å². The van der Waals surface area contributed by atoms with Gasteiger partial charge >= 0.3 is 0 Å². The maximum absolute atomic E-state index is 14.1. The van der Waals surface area contributed by atoms with Gasteiger partial charge in [-0.25, -0.2) is 16.8 Å². The first kappa shape index (κ1) is 25.9. The Kier molecular flexibility index (Phi) is 6.73. The summed E-state index contributed by atoms with van der Waals surface area (Å²) >= 11 is 0. The number of ether oxygens (including phenoxy) is 1. The maximum Gasteiger partial charge on any atom is 0.277 e. The van der Waals surface area contributed by atoms with Gasteiger partial charge in [-0.1, -0.05) is 96.1 Å². The fraction of sp³-hybridized carbons (Fsp3) is 0.133. The summed E-state index contributed by atoms with van der Waals surface area (Å²) in [6, 6.07) is 30.9. The lowest BCUT2D eigenvalue weighted by molar-refractivity contribution is 0.0535. The Labute approximate surface area is 223 Å². The standard InChI is InChI=1S/C30H27NO5S2/c1-23-13-17-28(18-14-23)37(32,33)31(38(34,35)29-19-15-24(2)16-20-29)27-21-30(36-22-27,25-9-5-3-6-10-25)26-11-7-4-8-12-26/h3-21H,22H2,1-2H3. The Bertz CT molecular complexity index is 1570. The molecule has 0 amide bonds. The monoisotopic (exact) mass is 545 g/mol. The Morgan fingerprint density at radius 2 is 1.00 bits per heavy atom. The predicted octanol–water partition coefficient (Wildman–Crippen LogP) is 5.54. The molecule has 1 heterocycles. The van der Waals surface area contributed by atoms with Crippen LogP contribution in [0, 0.1) is 13.8 Å². The summed E-state index contributed by atoms with van der Waals surface area (Å²) in [4.78, 5) is -0.256. The van der Waals surface area contributed by atoms with E-state index in [2.05, 4.69) is 0 Å². The lowest BCUT2D eigenvalue weighted by Crippen LogP contribution is -2.36. The van der Waals surface area contributed by atoms with E-state index in [9.17, 15) is 16.8 Å². The number of nitrogens with zero attached hydrogens (tertiary/aromatic N) is 1. The maximum atomic E-state index is 14.1. The molecule has 6 nitrogen and oxygen atoms in total. The Balaban J connectivity index is 1.75. The summed E-state index contributed by atoms with van der Waals surface area (Å²) < 4.78 is 63.1. The summed E-state index contributed by atoms with van der Waals surface area (Å²) in [5.41, 5.74) is 2.05. The van der Waals surface area contributed by atoms with Crippen LogP contribution in [-0.4, -0.2) is 27.2 Å². The van der Waals surface area contributed by atoms with Crippen LogP contribution in [0.2, 0.25) is 0 Å². The van der Waals surface area contributed by atoms with Crippen molar-refractivity contribution in [1.29, 1.82) is 0 Å². The van der Waals surface area contributed by atoms with Gasteiger partial charge in [0.05, 0.1) is 22.1 Å². The lowest BCUT2D eigenvalue weighted by atomic mass is 9.86. The highest BCUT2D eigenvalue weighted by Gasteiger charge is 2.45. The number of hydrogen-bond acceptors (Lipinski definition) is 5. The Morgan fingerprint density at radius 3 is 1.39 bits per heavy atom. The first-order chi connectivity index (χ1) is 18.1. The Hall–Kier alpha value is -3.72. The van der Waals surface area contributed by atoms with Gasteiger partial charge in [-0.05, 0) is 55.3 Å². The van der Waals surface area contributed by atoms with Gasteiger partial charge in [-0.3, -0.25) is 0 Å². The normalized spacial score (nSPS) is 15.2. The van der Waals surface area contributed by atoms with Crippen molar-refractivity contribution in [2.75, 3.05) is 6.61 Å². The molecule has 0 spiro atoms. The quantitative estimate of drug-likeness (QED) is 0.305. The van der Waals surface area contributed by atoms with E-state index in [1.807, 2.05) is 74.5 Å². The van der Waals surface area contributed by atoms with Gasteiger partial charge in [0, 0.05) is 0 Å². The van der Waals surface area contributed by atoms with Crippen LogP contribution < -0.4 is 0 Å². The molecule has 4 aromatic carbocycles. The predicted molar refractivity (Wildman–Crippen MR) is 146 cm³/mol. The third-order valence-electron chi connectivity index (χ3n) is 6.53. The third-order valence-corrected chi connectivity index (χ3v) is 10.8. The summed E-state index contributed by atoms with van der Waals surface area (Å²) in [5, 5.41) is 0. The Morgan fingerprint density at radius 1 is 0.605 bits per heavy atom. The van der Waals surface area contributed by atoms with E-state index in [1.165, 1.54) is 24.3 Å². The molecule has 5 rings (SSSR count). The minimum absolute atomic E-state index is 0.0128. The minimum atomic E-state index is -4.53. The highest BCUT2D eigenvalue weighted by atomic mass is 32.3. The van der Waals surface area contributed by atoms with Crippen molar-refractivity contribution in [2.45, 2.75) is 29.2 Å². The van der Waals surface area contributed by atoms with E-state index in [0.717, 1.165) is 22.3 Å². The van der Waals surface area contributed by atoms with Gasteiger partial charge in [0.15, 0.2) is 0 Å². The van der Waals surface area contributed by atoms with Crippen LogP contribution in [-0.2, 0) is 30.4 Å². The summed E-state index contributed by atoms with van der Waals surface area (Å²) in [7, 11) is -9.07. The van der Waals surface area contributed by atoms with Gasteiger partial charge in [-0.15, -0.1) is 0 Å². The number of aryl methyl sites for hydroxylation is 2. The van der Waals surface area contributed by atoms with Crippen LogP contribution in [0.15, 0.2) is 131 Å². The first-order valence-electron chi connectivity index (χ1n) is 12.1. The SMILES string of the molecule is Cc1ccc(S(=O)(=O)N(C2=CC(c3ccccc3)(c3ccccc3)OC2)S(=O)(=O)c2ccc(C)cc2)cc1. The molecule has 8 heteroatoms. The van der Waals surface area contributed by atoms with Crippen LogP contribution in [0.5, 0.6) is 0 Å². The molecule has 0 saturated carbocycles. The second-order valence-corrected chi connectivity index (χ2v) is 13.0. The highest BCUT2D eigenvalue weighted by molar-refractivity contribution is 8.04. The van der Waals surface area contributed by atoms with Crippen molar-refractivity contribution in [1.82, 2.24) is 3.71 Å². The second-order valence-electron chi connectivity index (χ2n) is 9.23. The molecule has 0 atom stereocenters. The zero-order chi connectivity index (χ0) is 27.0. The zero-order valence-corrected chi connectivity index (χ0v) is 22.6. The third kappa shape index (κ3) is 4.55. The summed E-state index contributed by atoms with van der Waals surface area (Å²) in [5.74, 6) is 0. The van der Waals surface area contributed by atoms with Crippen LogP contribution in [0.4, 0.5) is 0 Å². The van der Waals surface area contributed by atoms with E-state index in [0.29, 0.717) is 3.71 Å². The summed E-state index contributed by atoms with van der Waals surface area (Å²) in [6.45, 7) is 3.43. The molecule has 0 bridgehead atoms. The average Bonchev–Trinajstić information content (AvgIpc) is 3.35. The lowest BCUT2D eigenvalue weighted by Gasteiger charge is -2.28. The van der Waals surface area contributed by atoms with E-state index in [1.54, 1.807) is 30.3 Å². The molecule has 4 aromatic rings. The number of sulfonamides is 2. The molecule has 1 aliphatic heterocycles. The molecule has 1 aliphatic rings. The fourth-order valence-corrected chi connectivity index (χ4v) is 8.25. The highest BCUT2D eigenvalue weighted by Crippen LogP contribution is 2.43. The van der Waals surface area contributed by atoms with Crippen molar-refractivity contribution >= 4 is 20.0 Å². The molecule has 0 aromatic heterocycles. The molecule has 38 heavy (non-hydrogen) atoms. The van der Waals surface area contributed by atoms with Crippen molar-refractivity contribution < 1.29 is 21.6 Å². The average molecular weight is 546 g/mol. The molecule has 0 radical (unpaired) electrons. The van der Waals surface area contributed by atoms with Gasteiger partial charge in [0.1, 0.15) is 5.60 Å². The van der Waals surface area contributed by atoms with Crippen molar-refractivity contribution in [2.24, 2.45) is 0 Å². The molecule has 0 unspecified atom stereocenters. The van der Waals surface area contributed by atoms with Crippen LogP contribution >= 0.6 is 0 Å². The number of hydrogen-bond donors (Lipinski definition) is 0. The second kappa shape index (κ2) is 9.87. The van der Waals surface area contributed by atoms with Crippen LogP contribution in [0.1, 0.15) is 22.3 Å². The number of rotatable bonds is 7. The van der Waals surface area contributed by atoms with Gasteiger partial charge < -0.3 is 4.74 Å². The first-order valence-corrected chi connectivity index (χ1v) is 14.9.